The first-order valence-corrected chi connectivity index (χ1v) is 9.13. The smallest absolute Gasteiger partial charge is 0.254 e. The number of hydrogen-bond acceptors (Lipinski definition) is 4. The molecule has 27 heavy (non-hydrogen) atoms. The number of aryl methyl sites for hydroxylation is 1. The molecule has 1 aliphatic heterocycles. The average Bonchev–Trinajstić information content (AvgIpc) is 3.11. The summed E-state index contributed by atoms with van der Waals surface area (Å²) < 4.78 is 4.97. The van der Waals surface area contributed by atoms with Crippen molar-refractivity contribution in [1.29, 1.82) is 0 Å². The van der Waals surface area contributed by atoms with Gasteiger partial charge in [-0.15, -0.1) is 0 Å². The maximum absolute atomic E-state index is 13.0. The van der Waals surface area contributed by atoms with E-state index < -0.39 is 0 Å². The standard InChI is InChI=1S/C21H21N3O3/c1-14-13-19(23-27-14)22-20(25)16-9-11-24(12-10-16)21(26)18-8-4-6-15-5-2-3-7-17(15)18/h2-8,13,16H,9-12H2,1H3,(H,22,23,25). The van der Waals surface area contributed by atoms with E-state index in [-0.39, 0.29) is 17.7 Å². The Kier molecular flexibility index (Phi) is 4.62. The van der Waals surface area contributed by atoms with Crippen molar-refractivity contribution in [2.24, 2.45) is 5.92 Å². The minimum atomic E-state index is -0.126. The van der Waals surface area contributed by atoms with Gasteiger partial charge in [-0.05, 0) is 36.6 Å². The zero-order valence-corrected chi connectivity index (χ0v) is 15.1. The van der Waals surface area contributed by atoms with E-state index in [1.807, 2.05) is 47.4 Å². The molecule has 0 spiro atoms. The lowest BCUT2D eigenvalue weighted by atomic mass is 9.95. The van der Waals surface area contributed by atoms with Crippen molar-refractivity contribution in [2.45, 2.75) is 19.8 Å². The molecule has 6 heteroatoms. The number of nitrogens with zero attached hydrogens (tertiary/aromatic N) is 2. The summed E-state index contributed by atoms with van der Waals surface area (Å²) in [6.07, 6.45) is 1.28. The predicted octanol–water partition coefficient (Wildman–Crippen LogP) is 3.63. The first-order chi connectivity index (χ1) is 13.1. The molecule has 138 valence electrons. The van der Waals surface area contributed by atoms with Gasteiger partial charge in [0.05, 0.1) is 0 Å². The van der Waals surface area contributed by atoms with E-state index in [1.54, 1.807) is 13.0 Å². The predicted molar refractivity (Wildman–Crippen MR) is 102 cm³/mol. The largest absolute Gasteiger partial charge is 0.360 e. The van der Waals surface area contributed by atoms with Gasteiger partial charge in [0, 0.05) is 30.6 Å². The summed E-state index contributed by atoms with van der Waals surface area (Å²) >= 11 is 0. The number of piperidine rings is 1. The molecule has 0 radical (unpaired) electrons. The third kappa shape index (κ3) is 3.56. The molecule has 2 aromatic carbocycles. The normalized spacial score (nSPS) is 15.1. The Bertz CT molecular complexity index is 982. The van der Waals surface area contributed by atoms with Crippen LogP contribution in [-0.2, 0) is 4.79 Å². The molecule has 1 aromatic heterocycles. The van der Waals surface area contributed by atoms with Crippen molar-refractivity contribution in [3.05, 3.63) is 59.9 Å². The Morgan fingerprint density at radius 3 is 2.59 bits per heavy atom. The molecule has 0 unspecified atom stereocenters. The molecule has 2 amide bonds. The van der Waals surface area contributed by atoms with Gasteiger partial charge in [0.1, 0.15) is 5.76 Å². The molecule has 0 bridgehead atoms. The third-order valence-electron chi connectivity index (χ3n) is 5.05. The van der Waals surface area contributed by atoms with E-state index in [9.17, 15) is 9.59 Å². The zero-order chi connectivity index (χ0) is 18.8. The monoisotopic (exact) mass is 363 g/mol. The SMILES string of the molecule is Cc1cc(NC(=O)C2CCN(C(=O)c3cccc4ccccc34)CC2)no1. The molecule has 1 N–H and O–H groups in total. The molecule has 1 aliphatic rings. The summed E-state index contributed by atoms with van der Waals surface area (Å²) in [4.78, 5) is 27.2. The number of anilines is 1. The highest BCUT2D eigenvalue weighted by atomic mass is 16.5. The number of aromatic nitrogens is 1. The van der Waals surface area contributed by atoms with Gasteiger partial charge in [-0.3, -0.25) is 9.59 Å². The average molecular weight is 363 g/mol. The molecular formula is C21H21N3O3. The van der Waals surface area contributed by atoms with Crippen LogP contribution in [-0.4, -0.2) is 35.0 Å². The number of carbonyl (C=O) groups excluding carboxylic acids is 2. The fraction of sp³-hybridized carbons (Fsp3) is 0.286. The highest BCUT2D eigenvalue weighted by Crippen LogP contribution is 2.24. The van der Waals surface area contributed by atoms with E-state index in [2.05, 4.69) is 10.5 Å². The minimum Gasteiger partial charge on any atom is -0.360 e. The van der Waals surface area contributed by atoms with Crippen molar-refractivity contribution in [1.82, 2.24) is 10.1 Å². The molecule has 0 atom stereocenters. The van der Waals surface area contributed by atoms with Gasteiger partial charge >= 0.3 is 0 Å². The van der Waals surface area contributed by atoms with Crippen LogP contribution in [0.3, 0.4) is 0 Å². The molecule has 0 saturated carbocycles. The lowest BCUT2D eigenvalue weighted by Gasteiger charge is -2.31. The van der Waals surface area contributed by atoms with Crippen LogP contribution in [0.25, 0.3) is 10.8 Å². The lowest BCUT2D eigenvalue weighted by Crippen LogP contribution is -2.41. The fourth-order valence-electron chi connectivity index (χ4n) is 3.58. The number of fused-ring (bicyclic) bond motifs is 1. The van der Waals surface area contributed by atoms with Gasteiger partial charge in [0.2, 0.25) is 5.91 Å². The second kappa shape index (κ2) is 7.23. The Morgan fingerprint density at radius 1 is 1.11 bits per heavy atom. The molecule has 2 heterocycles. The van der Waals surface area contributed by atoms with Crippen molar-refractivity contribution in [3.63, 3.8) is 0 Å². The van der Waals surface area contributed by atoms with Gasteiger partial charge in [-0.1, -0.05) is 41.6 Å². The Morgan fingerprint density at radius 2 is 1.85 bits per heavy atom. The van der Waals surface area contributed by atoms with Crippen molar-refractivity contribution in [3.8, 4) is 0 Å². The second-order valence-corrected chi connectivity index (χ2v) is 6.91. The van der Waals surface area contributed by atoms with Crippen molar-refractivity contribution < 1.29 is 14.1 Å². The summed E-state index contributed by atoms with van der Waals surface area (Å²) in [5.41, 5.74) is 0.717. The summed E-state index contributed by atoms with van der Waals surface area (Å²) in [7, 11) is 0. The van der Waals surface area contributed by atoms with Gasteiger partial charge in [-0.25, -0.2) is 0 Å². The maximum atomic E-state index is 13.0. The second-order valence-electron chi connectivity index (χ2n) is 6.91. The van der Waals surface area contributed by atoms with Crippen molar-refractivity contribution in [2.75, 3.05) is 18.4 Å². The highest BCUT2D eigenvalue weighted by molar-refractivity contribution is 6.07. The number of hydrogen-bond donors (Lipinski definition) is 1. The molecule has 3 aromatic rings. The van der Waals surface area contributed by atoms with E-state index in [0.29, 0.717) is 43.1 Å². The quantitative estimate of drug-likeness (QED) is 0.771. The summed E-state index contributed by atoms with van der Waals surface area (Å²) in [6, 6.07) is 15.4. The van der Waals surface area contributed by atoms with Gasteiger partial charge in [-0.2, -0.15) is 0 Å². The first-order valence-electron chi connectivity index (χ1n) is 9.13. The number of benzene rings is 2. The van der Waals surface area contributed by atoms with Crippen LogP contribution in [0.2, 0.25) is 0 Å². The Balaban J connectivity index is 1.41. The number of rotatable bonds is 3. The highest BCUT2D eigenvalue weighted by Gasteiger charge is 2.28. The molecular weight excluding hydrogens is 342 g/mol. The molecule has 1 fully saturated rings. The zero-order valence-electron chi connectivity index (χ0n) is 15.1. The van der Waals surface area contributed by atoms with Crippen LogP contribution in [0.15, 0.2) is 53.1 Å². The van der Waals surface area contributed by atoms with E-state index in [0.717, 1.165) is 10.8 Å². The summed E-state index contributed by atoms with van der Waals surface area (Å²) in [5.74, 6) is 0.921. The van der Waals surface area contributed by atoms with Crippen molar-refractivity contribution >= 4 is 28.4 Å². The Hall–Kier alpha value is -3.15. The van der Waals surface area contributed by atoms with Crippen LogP contribution in [0.1, 0.15) is 29.0 Å². The van der Waals surface area contributed by atoms with Gasteiger partial charge in [0.25, 0.3) is 5.91 Å². The molecule has 0 aliphatic carbocycles. The third-order valence-corrected chi connectivity index (χ3v) is 5.05. The van der Waals surface area contributed by atoms with E-state index >= 15 is 0 Å². The number of carbonyl (C=O) groups is 2. The number of likely N-dealkylation sites (tertiary alicyclic amines) is 1. The van der Waals surface area contributed by atoms with Crippen LogP contribution in [0.4, 0.5) is 5.82 Å². The molecule has 6 nitrogen and oxygen atoms in total. The molecule has 1 saturated heterocycles. The first kappa shape index (κ1) is 17.3. The summed E-state index contributed by atoms with van der Waals surface area (Å²) in [6.45, 7) is 2.91. The lowest BCUT2D eigenvalue weighted by molar-refractivity contribution is -0.121. The molecule has 4 rings (SSSR count). The van der Waals surface area contributed by atoms with Crippen LogP contribution in [0.5, 0.6) is 0 Å². The number of nitrogens with one attached hydrogen (secondary N) is 1. The minimum absolute atomic E-state index is 0.0257. The van der Waals surface area contributed by atoms with E-state index in [1.165, 1.54) is 0 Å². The summed E-state index contributed by atoms with van der Waals surface area (Å²) in [5, 5.41) is 8.60. The number of amides is 2. The van der Waals surface area contributed by atoms with Crippen LogP contribution >= 0.6 is 0 Å². The topological polar surface area (TPSA) is 75.4 Å². The van der Waals surface area contributed by atoms with E-state index in [4.69, 9.17) is 4.52 Å². The maximum Gasteiger partial charge on any atom is 0.254 e. The van der Waals surface area contributed by atoms with Gasteiger partial charge < -0.3 is 14.7 Å². The Labute approximate surface area is 157 Å². The van der Waals surface area contributed by atoms with Gasteiger partial charge in [0.15, 0.2) is 5.82 Å². The van der Waals surface area contributed by atoms with Crippen LogP contribution < -0.4 is 5.32 Å². The fourth-order valence-corrected chi connectivity index (χ4v) is 3.58. The van der Waals surface area contributed by atoms with Crippen LogP contribution in [0, 0.1) is 12.8 Å².